The third-order valence-electron chi connectivity index (χ3n) is 3.37. The molecule has 8 heteroatoms. The van der Waals surface area contributed by atoms with Crippen LogP contribution in [0.3, 0.4) is 0 Å². The van der Waals surface area contributed by atoms with Crippen molar-refractivity contribution in [3.8, 4) is 5.75 Å². The molecule has 4 N–H and O–H groups in total. The van der Waals surface area contributed by atoms with Crippen LogP contribution in [0.1, 0.15) is 37.0 Å². The summed E-state index contributed by atoms with van der Waals surface area (Å²) in [5.41, 5.74) is 0.275. The van der Waals surface area contributed by atoms with Crippen molar-refractivity contribution in [3.63, 3.8) is 0 Å². The highest BCUT2D eigenvalue weighted by molar-refractivity contribution is 14.0. The maximum Gasteiger partial charge on any atom is 0.255 e. The van der Waals surface area contributed by atoms with E-state index in [4.69, 9.17) is 4.74 Å². The number of unbranched alkanes of at least 4 members (excludes halogenated alkanes) is 1. The summed E-state index contributed by atoms with van der Waals surface area (Å²) in [6.07, 6.45) is 1.97. The first-order valence-corrected chi connectivity index (χ1v) is 8.85. The number of hydrogen-bond acceptors (Lipinski definition) is 4. The number of hydrogen-bond donors (Lipinski definition) is 4. The van der Waals surface area contributed by atoms with E-state index in [2.05, 4.69) is 20.9 Å². The van der Waals surface area contributed by atoms with Gasteiger partial charge in [-0.05, 0) is 38.8 Å². The molecule has 26 heavy (non-hydrogen) atoms. The minimum absolute atomic E-state index is 0. The Hall–Kier alpha value is -1.55. The quantitative estimate of drug-likeness (QED) is 0.169. The molecule has 1 aromatic rings. The largest absolute Gasteiger partial charge is 0.507 e. The molecule has 1 rings (SSSR count). The Morgan fingerprint density at radius 2 is 1.85 bits per heavy atom. The number of carbonyl (C=O) groups excluding carboxylic acids is 1. The molecule has 0 heterocycles. The maximum atomic E-state index is 12.0. The molecule has 0 atom stereocenters. The zero-order valence-corrected chi connectivity index (χ0v) is 17.9. The van der Waals surface area contributed by atoms with Crippen LogP contribution in [0, 0.1) is 0 Å². The number of halogens is 1. The fourth-order valence-corrected chi connectivity index (χ4v) is 2.11. The van der Waals surface area contributed by atoms with E-state index < -0.39 is 0 Å². The third kappa shape index (κ3) is 10.4. The van der Waals surface area contributed by atoms with Crippen LogP contribution >= 0.6 is 24.0 Å². The first kappa shape index (κ1) is 24.5. The number of para-hydroxylation sites is 1. The van der Waals surface area contributed by atoms with Crippen LogP contribution in [0.4, 0.5) is 0 Å². The molecule has 148 valence electrons. The van der Waals surface area contributed by atoms with Gasteiger partial charge in [-0.1, -0.05) is 12.1 Å². The van der Waals surface area contributed by atoms with Gasteiger partial charge in [-0.25, -0.2) is 0 Å². The molecule has 0 fully saturated rings. The van der Waals surface area contributed by atoms with Crippen molar-refractivity contribution in [1.29, 1.82) is 0 Å². The lowest BCUT2D eigenvalue weighted by Gasteiger charge is -2.12. The lowest BCUT2D eigenvalue weighted by Crippen LogP contribution is -2.41. The average Bonchev–Trinajstić information content (AvgIpc) is 2.61. The second-order valence-corrected chi connectivity index (χ2v) is 5.36. The van der Waals surface area contributed by atoms with Gasteiger partial charge in [0.15, 0.2) is 5.96 Å². The molecule has 0 aliphatic heterocycles. The topological polar surface area (TPSA) is 95.0 Å². The van der Waals surface area contributed by atoms with Crippen molar-refractivity contribution in [2.24, 2.45) is 4.99 Å². The van der Waals surface area contributed by atoms with Gasteiger partial charge in [0.2, 0.25) is 0 Å². The fraction of sp³-hybridized carbons (Fsp3) is 0.556. The van der Waals surface area contributed by atoms with E-state index in [0.717, 1.165) is 45.1 Å². The molecule has 0 spiro atoms. The normalized spacial score (nSPS) is 10.8. The first-order valence-electron chi connectivity index (χ1n) is 8.85. The maximum absolute atomic E-state index is 12.0. The molecule has 1 aromatic carbocycles. The summed E-state index contributed by atoms with van der Waals surface area (Å²) >= 11 is 0. The lowest BCUT2D eigenvalue weighted by molar-refractivity contribution is 0.0951. The Morgan fingerprint density at radius 1 is 1.12 bits per heavy atom. The predicted octanol–water partition coefficient (Wildman–Crippen LogP) is 2.11. The number of nitrogens with zero attached hydrogens (tertiary/aromatic N) is 1. The SMILES string of the molecule is CCNC(=NCCCCOCC)NCCNC(=O)c1ccccc1O.I. The van der Waals surface area contributed by atoms with Gasteiger partial charge in [-0.3, -0.25) is 9.79 Å². The number of phenols is 1. The first-order chi connectivity index (χ1) is 12.2. The molecule has 1 amide bonds. The van der Waals surface area contributed by atoms with Gasteiger partial charge in [0.25, 0.3) is 5.91 Å². The fourth-order valence-electron chi connectivity index (χ4n) is 2.11. The summed E-state index contributed by atoms with van der Waals surface area (Å²) in [4.78, 5) is 16.5. The van der Waals surface area contributed by atoms with Crippen LogP contribution in [-0.2, 0) is 4.74 Å². The Balaban J connectivity index is 0.00000625. The minimum atomic E-state index is -0.294. The number of carbonyl (C=O) groups is 1. The van der Waals surface area contributed by atoms with Crippen molar-refractivity contribution in [2.45, 2.75) is 26.7 Å². The van der Waals surface area contributed by atoms with Gasteiger partial charge >= 0.3 is 0 Å². The van der Waals surface area contributed by atoms with Crippen LogP contribution in [0.2, 0.25) is 0 Å². The number of amides is 1. The van der Waals surface area contributed by atoms with E-state index in [-0.39, 0.29) is 41.2 Å². The predicted molar refractivity (Wildman–Crippen MR) is 116 cm³/mol. The Bertz CT molecular complexity index is 541. The summed E-state index contributed by atoms with van der Waals surface area (Å²) in [6, 6.07) is 6.48. The second-order valence-electron chi connectivity index (χ2n) is 5.36. The van der Waals surface area contributed by atoms with Crippen LogP contribution < -0.4 is 16.0 Å². The molecule has 0 aliphatic carbocycles. The number of guanidine groups is 1. The number of phenolic OH excluding ortho intramolecular Hbond substituents is 1. The molecule has 0 aromatic heterocycles. The highest BCUT2D eigenvalue weighted by Gasteiger charge is 2.08. The highest BCUT2D eigenvalue weighted by atomic mass is 127. The number of nitrogens with one attached hydrogen (secondary N) is 3. The van der Waals surface area contributed by atoms with E-state index in [1.54, 1.807) is 18.2 Å². The molecular weight excluding hydrogens is 447 g/mol. The zero-order valence-electron chi connectivity index (χ0n) is 15.6. The standard InChI is InChI=1S/C18H30N4O3.HI/c1-3-19-18(21-11-7-8-14-25-4-2)22-13-12-20-17(24)15-9-5-6-10-16(15)23;/h5-6,9-10,23H,3-4,7-8,11-14H2,1-2H3,(H,20,24)(H2,19,21,22);1H. The van der Waals surface area contributed by atoms with Gasteiger partial charge in [-0.2, -0.15) is 0 Å². The highest BCUT2D eigenvalue weighted by Crippen LogP contribution is 2.14. The van der Waals surface area contributed by atoms with Crippen molar-refractivity contribution in [1.82, 2.24) is 16.0 Å². The van der Waals surface area contributed by atoms with Gasteiger partial charge < -0.3 is 25.8 Å². The van der Waals surface area contributed by atoms with Crippen LogP contribution in [0.15, 0.2) is 29.3 Å². The van der Waals surface area contributed by atoms with E-state index in [1.807, 2.05) is 13.8 Å². The molecule has 0 saturated heterocycles. The average molecular weight is 478 g/mol. The monoisotopic (exact) mass is 478 g/mol. The number of ether oxygens (including phenoxy) is 1. The third-order valence-corrected chi connectivity index (χ3v) is 3.37. The second kappa shape index (κ2) is 15.7. The Kier molecular flexibility index (Phi) is 14.8. The number of aromatic hydroxyl groups is 1. The van der Waals surface area contributed by atoms with Gasteiger partial charge in [0, 0.05) is 39.4 Å². The van der Waals surface area contributed by atoms with E-state index in [0.29, 0.717) is 13.1 Å². The number of rotatable bonds is 11. The molecule has 7 nitrogen and oxygen atoms in total. The van der Waals surface area contributed by atoms with Gasteiger partial charge in [0.1, 0.15) is 5.75 Å². The Morgan fingerprint density at radius 3 is 2.54 bits per heavy atom. The van der Waals surface area contributed by atoms with Crippen molar-refractivity contribution < 1.29 is 14.6 Å². The number of aliphatic imine (C=N–C) groups is 1. The summed E-state index contributed by atoms with van der Waals surface area (Å²) in [6.45, 7) is 8.00. The summed E-state index contributed by atoms with van der Waals surface area (Å²) in [5.74, 6) is 0.420. The molecule has 0 radical (unpaired) electrons. The Labute approximate surface area is 173 Å². The smallest absolute Gasteiger partial charge is 0.255 e. The van der Waals surface area contributed by atoms with E-state index in [1.165, 1.54) is 6.07 Å². The van der Waals surface area contributed by atoms with Gasteiger partial charge in [-0.15, -0.1) is 24.0 Å². The molecule has 0 aliphatic rings. The molecule has 0 saturated carbocycles. The summed E-state index contributed by atoms with van der Waals surface area (Å²) in [5, 5.41) is 18.8. The molecule has 0 unspecified atom stereocenters. The summed E-state index contributed by atoms with van der Waals surface area (Å²) < 4.78 is 5.30. The van der Waals surface area contributed by atoms with Crippen molar-refractivity contribution >= 4 is 35.8 Å². The number of benzene rings is 1. The lowest BCUT2D eigenvalue weighted by atomic mass is 10.2. The molecular formula is C18H31IN4O3. The van der Waals surface area contributed by atoms with Crippen LogP contribution in [0.25, 0.3) is 0 Å². The molecule has 0 bridgehead atoms. The minimum Gasteiger partial charge on any atom is -0.507 e. The summed E-state index contributed by atoms with van der Waals surface area (Å²) in [7, 11) is 0. The zero-order chi connectivity index (χ0) is 18.3. The van der Waals surface area contributed by atoms with Crippen LogP contribution in [-0.4, -0.2) is 56.4 Å². The van der Waals surface area contributed by atoms with Crippen molar-refractivity contribution in [2.75, 3.05) is 39.4 Å². The van der Waals surface area contributed by atoms with E-state index in [9.17, 15) is 9.90 Å². The van der Waals surface area contributed by atoms with E-state index >= 15 is 0 Å². The van der Waals surface area contributed by atoms with Crippen LogP contribution in [0.5, 0.6) is 5.75 Å². The van der Waals surface area contributed by atoms with Crippen molar-refractivity contribution in [3.05, 3.63) is 29.8 Å². The van der Waals surface area contributed by atoms with Gasteiger partial charge in [0.05, 0.1) is 5.56 Å².